The van der Waals surface area contributed by atoms with Gasteiger partial charge in [-0.3, -0.25) is 9.59 Å². The van der Waals surface area contributed by atoms with Gasteiger partial charge in [0.15, 0.2) is 0 Å². The van der Waals surface area contributed by atoms with Crippen molar-refractivity contribution in [2.45, 2.75) is 82.8 Å². The van der Waals surface area contributed by atoms with Crippen LogP contribution < -0.4 is 0 Å². The molecule has 0 aliphatic heterocycles. The summed E-state index contributed by atoms with van der Waals surface area (Å²) in [5, 5.41) is 33.8. The summed E-state index contributed by atoms with van der Waals surface area (Å²) in [6.07, 6.45) is 4.59. The number of ketones is 1. The predicted molar refractivity (Wildman–Crippen MR) is 101 cm³/mol. The molecule has 158 valence electrons. The van der Waals surface area contributed by atoms with Gasteiger partial charge in [-0.15, -0.1) is 0 Å². The Labute approximate surface area is 166 Å². The van der Waals surface area contributed by atoms with Crippen molar-refractivity contribution in [3.05, 3.63) is 0 Å². The Balaban J connectivity index is 1.70. The third-order valence-electron chi connectivity index (χ3n) is 9.34. The van der Waals surface area contributed by atoms with E-state index in [1.54, 1.807) is 6.92 Å². The molecule has 0 saturated heterocycles. The van der Waals surface area contributed by atoms with Crippen molar-refractivity contribution in [2.75, 3.05) is 13.2 Å². The molecule has 4 fully saturated rings. The second-order valence-corrected chi connectivity index (χ2v) is 10.0. The molecule has 4 saturated carbocycles. The maximum absolute atomic E-state index is 12.6. The largest absolute Gasteiger partial charge is 0.466 e. The summed E-state index contributed by atoms with van der Waals surface area (Å²) >= 11 is 0. The molecule has 0 spiro atoms. The lowest BCUT2D eigenvalue weighted by Crippen LogP contribution is -2.69. The second kappa shape index (κ2) is 6.51. The molecule has 0 amide bonds. The number of rotatable bonds is 3. The molecule has 4 aliphatic carbocycles. The van der Waals surface area contributed by atoms with Crippen LogP contribution in [0.4, 0.5) is 0 Å². The molecule has 3 N–H and O–H groups in total. The quantitative estimate of drug-likeness (QED) is 0.633. The zero-order chi connectivity index (χ0) is 20.4. The Kier molecular flexibility index (Phi) is 4.72. The van der Waals surface area contributed by atoms with Crippen molar-refractivity contribution in [2.24, 2.45) is 28.6 Å². The van der Waals surface area contributed by atoms with E-state index in [-0.39, 0.29) is 42.5 Å². The lowest BCUT2D eigenvalue weighted by molar-refractivity contribution is -0.258. The number of carbonyl (C=O) groups is 2. The van der Waals surface area contributed by atoms with Crippen LogP contribution >= 0.6 is 0 Å². The Bertz CT molecular complexity index is 678. The van der Waals surface area contributed by atoms with Crippen LogP contribution in [0.1, 0.15) is 71.6 Å². The molecule has 7 atom stereocenters. The van der Waals surface area contributed by atoms with E-state index in [9.17, 15) is 24.9 Å². The SMILES string of the molecule is CCOC(=O)[C@@H]1CC[C@]2(O)[C@H]3CC[C@]4(O)CC(=O)CC[C@]4(CO)[C@@H]3CC[C@@]12C. The first-order chi connectivity index (χ1) is 13.2. The first-order valence-electron chi connectivity index (χ1n) is 10.9. The lowest BCUT2D eigenvalue weighted by atomic mass is 9.42. The zero-order valence-electron chi connectivity index (χ0n) is 17.1. The van der Waals surface area contributed by atoms with Crippen LogP contribution in [0.3, 0.4) is 0 Å². The highest BCUT2D eigenvalue weighted by atomic mass is 16.5. The van der Waals surface area contributed by atoms with Gasteiger partial charge in [0.05, 0.1) is 30.3 Å². The Morgan fingerprint density at radius 3 is 2.50 bits per heavy atom. The standard InChI is InChI=1S/C22H34O6/c1-3-28-18(25)17-7-11-22(27)16-6-10-21(26)12-14(24)4-9-20(21,13-23)15(16)5-8-19(17,22)2/h15-17,23,26-27H,3-13H2,1-2H3/t15-,16+,17+,19+,20+,21+,22+/m1/s1. The van der Waals surface area contributed by atoms with Crippen molar-refractivity contribution in [3.63, 3.8) is 0 Å². The monoisotopic (exact) mass is 394 g/mol. The van der Waals surface area contributed by atoms with Gasteiger partial charge in [-0.25, -0.2) is 0 Å². The molecule has 0 unspecified atom stereocenters. The summed E-state index contributed by atoms with van der Waals surface area (Å²) < 4.78 is 5.31. The minimum Gasteiger partial charge on any atom is -0.466 e. The Hall–Kier alpha value is -0.980. The van der Waals surface area contributed by atoms with Crippen molar-refractivity contribution in [3.8, 4) is 0 Å². The van der Waals surface area contributed by atoms with Crippen LogP contribution in [0.15, 0.2) is 0 Å². The highest BCUT2D eigenvalue weighted by Gasteiger charge is 2.71. The third kappa shape index (κ3) is 2.37. The van der Waals surface area contributed by atoms with Crippen molar-refractivity contribution in [1.29, 1.82) is 0 Å². The molecule has 28 heavy (non-hydrogen) atoms. The highest BCUT2D eigenvalue weighted by molar-refractivity contribution is 5.81. The van der Waals surface area contributed by atoms with E-state index in [0.29, 0.717) is 51.6 Å². The number of carbonyl (C=O) groups excluding carboxylic acids is 2. The van der Waals surface area contributed by atoms with Gasteiger partial charge in [0.25, 0.3) is 0 Å². The van der Waals surface area contributed by atoms with Crippen LogP contribution in [0.5, 0.6) is 0 Å². The van der Waals surface area contributed by atoms with Gasteiger partial charge in [0.1, 0.15) is 5.78 Å². The summed E-state index contributed by atoms with van der Waals surface area (Å²) in [5.41, 5.74) is -3.46. The van der Waals surface area contributed by atoms with Crippen molar-refractivity contribution >= 4 is 11.8 Å². The maximum atomic E-state index is 12.6. The van der Waals surface area contributed by atoms with Gasteiger partial charge in [-0.05, 0) is 63.7 Å². The molecule has 6 heteroatoms. The van der Waals surface area contributed by atoms with E-state index >= 15 is 0 Å². The molecule has 6 nitrogen and oxygen atoms in total. The Morgan fingerprint density at radius 2 is 1.82 bits per heavy atom. The summed E-state index contributed by atoms with van der Waals surface area (Å²) in [6, 6.07) is 0. The molecule has 0 aromatic rings. The minimum absolute atomic E-state index is 0.0385. The fourth-order valence-electron chi connectivity index (χ4n) is 7.77. The fourth-order valence-corrected chi connectivity index (χ4v) is 7.77. The van der Waals surface area contributed by atoms with Gasteiger partial charge in [-0.1, -0.05) is 6.92 Å². The number of hydrogen-bond donors (Lipinski definition) is 3. The molecule has 0 aromatic heterocycles. The number of aliphatic hydroxyl groups excluding tert-OH is 1. The Morgan fingerprint density at radius 1 is 1.11 bits per heavy atom. The van der Waals surface area contributed by atoms with Crippen LogP contribution in [0, 0.1) is 28.6 Å². The normalized spacial score (nSPS) is 50.5. The van der Waals surface area contributed by atoms with E-state index in [1.807, 2.05) is 6.92 Å². The van der Waals surface area contributed by atoms with Crippen molar-refractivity contribution < 1.29 is 29.6 Å². The maximum Gasteiger partial charge on any atom is 0.309 e. The molecule has 4 rings (SSSR count). The average molecular weight is 395 g/mol. The molecule has 4 aliphatic rings. The summed E-state index contributed by atoms with van der Waals surface area (Å²) in [5.74, 6) is -0.577. The van der Waals surface area contributed by atoms with Crippen LogP contribution in [0.25, 0.3) is 0 Å². The van der Waals surface area contributed by atoms with Crippen LogP contribution in [0.2, 0.25) is 0 Å². The van der Waals surface area contributed by atoms with E-state index in [2.05, 4.69) is 0 Å². The number of Topliss-reactive ketones (excluding diaryl/α,β-unsaturated/α-hetero) is 1. The number of ether oxygens (including phenoxy) is 1. The number of aliphatic hydroxyl groups is 3. The highest BCUT2D eigenvalue weighted by Crippen LogP contribution is 2.69. The molecule has 0 heterocycles. The lowest BCUT2D eigenvalue weighted by Gasteiger charge is -2.65. The molecular weight excluding hydrogens is 360 g/mol. The average Bonchev–Trinajstić information content (AvgIpc) is 2.92. The first kappa shape index (κ1) is 20.3. The van der Waals surface area contributed by atoms with Gasteiger partial charge >= 0.3 is 5.97 Å². The third-order valence-corrected chi connectivity index (χ3v) is 9.34. The van der Waals surface area contributed by atoms with Gasteiger partial charge in [0, 0.05) is 23.7 Å². The zero-order valence-corrected chi connectivity index (χ0v) is 17.1. The predicted octanol–water partition coefficient (Wildman–Crippen LogP) is 1.98. The van der Waals surface area contributed by atoms with Crippen LogP contribution in [-0.2, 0) is 14.3 Å². The molecule has 0 bridgehead atoms. The summed E-state index contributed by atoms with van der Waals surface area (Å²) in [4.78, 5) is 24.7. The number of esters is 1. The van der Waals surface area contributed by atoms with E-state index < -0.39 is 22.0 Å². The fraction of sp³-hybridized carbons (Fsp3) is 0.909. The van der Waals surface area contributed by atoms with Gasteiger partial charge < -0.3 is 20.1 Å². The summed E-state index contributed by atoms with van der Waals surface area (Å²) in [6.45, 7) is 4.00. The number of fused-ring (bicyclic) bond motifs is 5. The minimum atomic E-state index is -1.18. The van der Waals surface area contributed by atoms with E-state index in [0.717, 1.165) is 6.42 Å². The topological polar surface area (TPSA) is 104 Å². The van der Waals surface area contributed by atoms with Crippen LogP contribution in [-0.4, -0.2) is 51.5 Å². The van der Waals surface area contributed by atoms with E-state index in [4.69, 9.17) is 4.74 Å². The molecular formula is C22H34O6. The second-order valence-electron chi connectivity index (χ2n) is 10.0. The van der Waals surface area contributed by atoms with Crippen molar-refractivity contribution in [1.82, 2.24) is 0 Å². The number of hydrogen-bond acceptors (Lipinski definition) is 6. The molecule has 0 aromatic carbocycles. The smallest absolute Gasteiger partial charge is 0.309 e. The van der Waals surface area contributed by atoms with Gasteiger partial charge in [0.2, 0.25) is 0 Å². The van der Waals surface area contributed by atoms with Gasteiger partial charge in [-0.2, -0.15) is 0 Å². The molecule has 0 radical (unpaired) electrons. The van der Waals surface area contributed by atoms with E-state index in [1.165, 1.54) is 0 Å². The summed E-state index contributed by atoms with van der Waals surface area (Å²) in [7, 11) is 0. The first-order valence-corrected chi connectivity index (χ1v) is 10.9.